The first-order chi connectivity index (χ1) is 19.6. The second-order valence-electron chi connectivity index (χ2n) is 10.0. The summed E-state index contributed by atoms with van der Waals surface area (Å²) in [7, 11) is 4.94. The number of hydrogen-bond donors (Lipinski definition) is 1. The van der Waals surface area contributed by atoms with Gasteiger partial charge in [-0.2, -0.15) is 14.7 Å². The summed E-state index contributed by atoms with van der Waals surface area (Å²) in [6, 6.07) is 9.18. The average molecular weight is 563 g/mol. The summed E-state index contributed by atoms with van der Waals surface area (Å²) in [4.78, 5) is 34.8. The first-order valence-corrected chi connectivity index (χ1v) is 13.2. The van der Waals surface area contributed by atoms with Crippen LogP contribution >= 0.6 is 0 Å². The maximum absolute atomic E-state index is 12.7. The third-order valence-electron chi connectivity index (χ3n) is 7.38. The van der Waals surface area contributed by atoms with E-state index in [9.17, 15) is 14.7 Å². The van der Waals surface area contributed by atoms with Crippen LogP contribution in [0.2, 0.25) is 0 Å². The summed E-state index contributed by atoms with van der Waals surface area (Å²) >= 11 is 0. The number of methoxy groups -OCH3 is 2. The molecule has 1 aliphatic heterocycles. The number of benzene rings is 1. The zero-order valence-electron chi connectivity index (χ0n) is 24.1. The zero-order valence-corrected chi connectivity index (χ0v) is 24.1. The number of nitrogens with zero attached hydrogens (tertiary/aromatic N) is 8. The molecule has 216 valence electrons. The van der Waals surface area contributed by atoms with Gasteiger partial charge in [0.15, 0.2) is 17.1 Å². The van der Waals surface area contributed by atoms with E-state index in [2.05, 4.69) is 10.00 Å². The number of hydrogen-bond acceptors (Lipinski definition) is 8. The van der Waals surface area contributed by atoms with Crippen LogP contribution in [-0.2, 0) is 18.4 Å². The van der Waals surface area contributed by atoms with Gasteiger partial charge in [0.2, 0.25) is 5.91 Å². The Kier molecular flexibility index (Phi) is 7.43. The number of ether oxygens (including phenoxy) is 2. The number of anilines is 2. The molecular weight excluding hydrogens is 528 g/mol. The lowest BCUT2D eigenvalue weighted by Gasteiger charge is -2.35. The fourth-order valence-corrected chi connectivity index (χ4v) is 5.25. The maximum Gasteiger partial charge on any atom is 0.413 e. The number of rotatable bonds is 7. The Morgan fingerprint density at radius 1 is 1.00 bits per heavy atom. The van der Waals surface area contributed by atoms with E-state index in [4.69, 9.17) is 19.6 Å². The third-order valence-corrected chi connectivity index (χ3v) is 7.38. The summed E-state index contributed by atoms with van der Waals surface area (Å²) in [5.74, 6) is 2.12. The van der Waals surface area contributed by atoms with Gasteiger partial charge >= 0.3 is 6.09 Å². The van der Waals surface area contributed by atoms with Gasteiger partial charge in [0.1, 0.15) is 11.6 Å². The number of carbonyl (C=O) groups excluding carboxylic acids is 1. The van der Waals surface area contributed by atoms with Crippen LogP contribution in [0.4, 0.5) is 16.4 Å². The fraction of sp³-hybridized carbons (Fsp3) is 0.393. The highest BCUT2D eigenvalue weighted by Gasteiger charge is 2.28. The molecule has 2 amide bonds. The Labute approximate surface area is 237 Å². The second-order valence-corrected chi connectivity index (χ2v) is 10.0. The highest BCUT2D eigenvalue weighted by molar-refractivity contribution is 5.89. The van der Waals surface area contributed by atoms with Gasteiger partial charge in [0.25, 0.3) is 0 Å². The van der Waals surface area contributed by atoms with E-state index < -0.39 is 6.09 Å². The Hall–Kier alpha value is -4.81. The minimum atomic E-state index is -1.13. The summed E-state index contributed by atoms with van der Waals surface area (Å²) in [6.45, 7) is 7.59. The number of amides is 2. The maximum atomic E-state index is 12.7. The van der Waals surface area contributed by atoms with Crippen molar-refractivity contribution in [2.75, 3.05) is 50.2 Å². The topological polar surface area (TPSA) is 131 Å². The smallest absolute Gasteiger partial charge is 0.413 e. The Morgan fingerprint density at radius 2 is 1.71 bits per heavy atom. The van der Waals surface area contributed by atoms with Crippen molar-refractivity contribution in [3.8, 4) is 22.6 Å². The van der Waals surface area contributed by atoms with Gasteiger partial charge in [0, 0.05) is 51.8 Å². The number of aryl methyl sites for hydroxylation is 3. The van der Waals surface area contributed by atoms with E-state index in [0.717, 1.165) is 22.5 Å². The van der Waals surface area contributed by atoms with Crippen LogP contribution in [0.15, 0.2) is 30.3 Å². The third kappa shape index (κ3) is 5.22. The summed E-state index contributed by atoms with van der Waals surface area (Å²) < 4.78 is 14.2. The van der Waals surface area contributed by atoms with Crippen molar-refractivity contribution in [3.05, 3.63) is 47.4 Å². The molecule has 0 bridgehead atoms. The van der Waals surface area contributed by atoms with E-state index >= 15 is 0 Å². The number of aromatic nitrogens is 5. The summed E-state index contributed by atoms with van der Waals surface area (Å²) in [6.07, 6.45) is -1.13. The second kappa shape index (κ2) is 11.0. The lowest BCUT2D eigenvalue weighted by Crippen LogP contribution is -2.48. The van der Waals surface area contributed by atoms with E-state index in [0.29, 0.717) is 60.7 Å². The van der Waals surface area contributed by atoms with Gasteiger partial charge in [0.05, 0.1) is 37.8 Å². The molecule has 41 heavy (non-hydrogen) atoms. The van der Waals surface area contributed by atoms with Gasteiger partial charge in [-0.3, -0.25) is 14.4 Å². The van der Waals surface area contributed by atoms with Crippen molar-refractivity contribution < 1.29 is 24.2 Å². The number of carboxylic acid groups (broad SMARTS) is 1. The monoisotopic (exact) mass is 562 g/mol. The van der Waals surface area contributed by atoms with E-state index in [1.165, 1.54) is 4.90 Å². The Morgan fingerprint density at radius 3 is 2.29 bits per heavy atom. The lowest BCUT2D eigenvalue weighted by molar-refractivity contribution is -0.129. The van der Waals surface area contributed by atoms with Crippen LogP contribution in [-0.4, -0.2) is 86.8 Å². The molecule has 4 aromatic rings. The standard InChI is InChI=1S/C28H34N8O5/c1-17-13-21(32(4)30-17)16-35(28(38)39)25-15-24(34-11-9-33(10-12-34)19(3)37)29-27-26(18(2)31-36(25)27)20-7-8-22(40-5)23(14-20)41-6/h7-8,13-15H,9-12,16H2,1-6H3,(H,38,39). The predicted octanol–water partition coefficient (Wildman–Crippen LogP) is 3.12. The zero-order chi connectivity index (χ0) is 29.4. The van der Waals surface area contributed by atoms with Gasteiger partial charge < -0.3 is 24.4 Å². The van der Waals surface area contributed by atoms with Crippen molar-refractivity contribution >= 4 is 29.3 Å². The minimum absolute atomic E-state index is 0.0272. The van der Waals surface area contributed by atoms with Crippen molar-refractivity contribution in [1.29, 1.82) is 0 Å². The molecule has 0 saturated carbocycles. The molecule has 3 aromatic heterocycles. The van der Waals surface area contributed by atoms with E-state index in [-0.39, 0.29) is 12.5 Å². The predicted molar refractivity (Wildman–Crippen MR) is 153 cm³/mol. The highest BCUT2D eigenvalue weighted by Crippen LogP contribution is 2.37. The SMILES string of the molecule is COc1ccc(-c2c(C)nn3c(N(Cc4cc(C)nn4C)C(=O)O)cc(N4CCN(C(C)=O)CC4)nc23)cc1OC. The molecule has 5 rings (SSSR count). The number of fused-ring (bicyclic) bond motifs is 1. The molecule has 0 unspecified atom stereocenters. The highest BCUT2D eigenvalue weighted by atomic mass is 16.5. The number of piperazine rings is 1. The number of carbonyl (C=O) groups is 2. The lowest BCUT2D eigenvalue weighted by atomic mass is 10.1. The fourth-order valence-electron chi connectivity index (χ4n) is 5.25. The van der Waals surface area contributed by atoms with Crippen molar-refractivity contribution in [2.45, 2.75) is 27.3 Å². The molecule has 13 nitrogen and oxygen atoms in total. The first-order valence-electron chi connectivity index (χ1n) is 13.2. The van der Waals surface area contributed by atoms with Gasteiger partial charge in [-0.25, -0.2) is 9.78 Å². The molecule has 0 spiro atoms. The van der Waals surface area contributed by atoms with Gasteiger partial charge in [-0.1, -0.05) is 6.07 Å². The van der Waals surface area contributed by atoms with Crippen LogP contribution in [0.1, 0.15) is 24.0 Å². The van der Waals surface area contributed by atoms with Crippen LogP contribution in [0, 0.1) is 13.8 Å². The average Bonchev–Trinajstić information content (AvgIpc) is 3.46. The van der Waals surface area contributed by atoms with Crippen LogP contribution in [0.3, 0.4) is 0 Å². The van der Waals surface area contributed by atoms with E-state index in [1.807, 2.05) is 38.1 Å². The van der Waals surface area contributed by atoms with Crippen molar-refractivity contribution in [3.63, 3.8) is 0 Å². The molecule has 0 aliphatic carbocycles. The molecular formula is C28H34N8O5. The Balaban J connectivity index is 1.69. The molecule has 1 N–H and O–H groups in total. The van der Waals surface area contributed by atoms with Crippen molar-refractivity contribution in [2.24, 2.45) is 7.05 Å². The largest absolute Gasteiger partial charge is 0.493 e. The molecule has 13 heteroatoms. The quantitative estimate of drug-likeness (QED) is 0.361. The van der Waals surface area contributed by atoms with Gasteiger partial charge in [-0.05, 0) is 37.6 Å². The summed E-state index contributed by atoms with van der Waals surface area (Å²) in [5.41, 5.74) is 4.25. The normalized spacial score (nSPS) is 13.5. The molecule has 0 radical (unpaired) electrons. The van der Waals surface area contributed by atoms with Crippen LogP contribution in [0.25, 0.3) is 16.8 Å². The minimum Gasteiger partial charge on any atom is -0.493 e. The Bertz CT molecular complexity index is 1620. The van der Waals surface area contributed by atoms with Crippen LogP contribution in [0.5, 0.6) is 11.5 Å². The molecule has 1 saturated heterocycles. The van der Waals surface area contributed by atoms with Gasteiger partial charge in [-0.15, -0.1) is 0 Å². The van der Waals surface area contributed by atoms with Crippen molar-refractivity contribution in [1.82, 2.24) is 29.3 Å². The molecule has 1 aromatic carbocycles. The molecule has 4 heterocycles. The van der Waals surface area contributed by atoms with E-state index in [1.54, 1.807) is 48.4 Å². The molecule has 1 aliphatic rings. The first kappa shape index (κ1) is 27.7. The van der Waals surface area contributed by atoms with Crippen LogP contribution < -0.4 is 19.3 Å². The molecule has 1 fully saturated rings. The molecule has 0 atom stereocenters. The summed E-state index contributed by atoms with van der Waals surface area (Å²) in [5, 5.41) is 19.6.